The molecule has 0 bridgehead atoms. The zero-order chi connectivity index (χ0) is 11.0. The van der Waals surface area contributed by atoms with Crippen LogP contribution >= 0.6 is 0 Å². The van der Waals surface area contributed by atoms with Crippen molar-refractivity contribution in [2.45, 2.75) is 31.6 Å². The number of benzene rings is 1. The van der Waals surface area contributed by atoms with Gasteiger partial charge in [-0.15, -0.1) is 0 Å². The lowest BCUT2D eigenvalue weighted by Crippen LogP contribution is -2.25. The van der Waals surface area contributed by atoms with Crippen LogP contribution in [0.15, 0.2) is 24.3 Å². The molecule has 1 nitrogen and oxygen atoms in total. The first-order chi connectivity index (χ1) is 7.80. The van der Waals surface area contributed by atoms with Crippen LogP contribution in [0.4, 0.5) is 4.39 Å². The quantitative estimate of drug-likeness (QED) is 0.765. The lowest BCUT2D eigenvalue weighted by Gasteiger charge is -2.30. The fourth-order valence-corrected chi connectivity index (χ4v) is 3.60. The van der Waals surface area contributed by atoms with Crippen molar-refractivity contribution in [3.63, 3.8) is 0 Å². The molecule has 0 amide bonds. The van der Waals surface area contributed by atoms with Crippen molar-refractivity contribution in [1.29, 1.82) is 0 Å². The molecular formula is C14H18FN. The molecule has 0 aromatic heterocycles. The molecule has 1 aliphatic heterocycles. The number of halogens is 1. The predicted octanol–water partition coefficient (Wildman–Crippen LogP) is 3.07. The van der Waals surface area contributed by atoms with Crippen LogP contribution in [0.1, 0.15) is 37.2 Å². The molecule has 2 fully saturated rings. The zero-order valence-corrected chi connectivity index (χ0v) is 9.51. The van der Waals surface area contributed by atoms with Crippen LogP contribution in [0.25, 0.3) is 0 Å². The first-order valence-electron chi connectivity index (χ1n) is 6.26. The summed E-state index contributed by atoms with van der Waals surface area (Å²) < 4.78 is 13.3. The molecule has 1 saturated carbocycles. The molecule has 16 heavy (non-hydrogen) atoms. The van der Waals surface area contributed by atoms with E-state index in [-0.39, 0.29) is 5.82 Å². The van der Waals surface area contributed by atoms with Gasteiger partial charge in [-0.2, -0.15) is 0 Å². The van der Waals surface area contributed by atoms with E-state index in [1.807, 2.05) is 6.07 Å². The molecule has 86 valence electrons. The van der Waals surface area contributed by atoms with E-state index < -0.39 is 0 Å². The number of hydrogen-bond donors (Lipinski definition) is 1. The highest BCUT2D eigenvalue weighted by atomic mass is 19.1. The molecule has 1 spiro atoms. The summed E-state index contributed by atoms with van der Waals surface area (Å²) in [4.78, 5) is 0. The van der Waals surface area contributed by atoms with E-state index in [0.29, 0.717) is 11.3 Å². The van der Waals surface area contributed by atoms with Crippen molar-refractivity contribution in [1.82, 2.24) is 5.32 Å². The van der Waals surface area contributed by atoms with Crippen LogP contribution in [0.5, 0.6) is 0 Å². The minimum absolute atomic E-state index is 0.0995. The van der Waals surface area contributed by atoms with Crippen LogP contribution in [-0.2, 0) is 0 Å². The molecule has 3 rings (SSSR count). The maximum absolute atomic E-state index is 13.3. The maximum Gasteiger partial charge on any atom is 0.123 e. The molecule has 2 aliphatic rings. The summed E-state index contributed by atoms with van der Waals surface area (Å²) in [5.74, 6) is 0.420. The summed E-state index contributed by atoms with van der Waals surface area (Å²) in [5.41, 5.74) is 1.61. The third-order valence-electron chi connectivity index (χ3n) is 4.42. The summed E-state index contributed by atoms with van der Waals surface area (Å²) in [7, 11) is 0. The van der Waals surface area contributed by atoms with E-state index in [4.69, 9.17) is 0 Å². The number of rotatable bonds is 1. The lowest BCUT2D eigenvalue weighted by molar-refractivity contribution is 0.294. The van der Waals surface area contributed by atoms with Gasteiger partial charge in [0.25, 0.3) is 0 Å². The summed E-state index contributed by atoms with van der Waals surface area (Å²) in [6, 6.07) is 7.18. The Balaban J connectivity index is 1.94. The average Bonchev–Trinajstić information content (AvgIpc) is 2.90. The molecule has 2 heteroatoms. The highest BCUT2D eigenvalue weighted by Gasteiger charge is 2.45. The van der Waals surface area contributed by atoms with Gasteiger partial charge in [0.1, 0.15) is 5.82 Å². The fourth-order valence-electron chi connectivity index (χ4n) is 3.60. The molecular weight excluding hydrogens is 201 g/mol. The van der Waals surface area contributed by atoms with Crippen molar-refractivity contribution in [2.75, 3.05) is 13.1 Å². The standard InChI is InChI=1S/C14H18FN/c15-12-5-3-4-11(8-12)13-9-16-10-14(13)6-1-2-7-14/h3-5,8,13,16H,1-2,6-7,9-10H2. The second-order valence-electron chi connectivity index (χ2n) is 5.31. The van der Waals surface area contributed by atoms with E-state index in [0.717, 1.165) is 13.1 Å². The minimum Gasteiger partial charge on any atom is -0.316 e. The van der Waals surface area contributed by atoms with Gasteiger partial charge in [-0.3, -0.25) is 0 Å². The molecule has 1 saturated heterocycles. The van der Waals surface area contributed by atoms with Crippen LogP contribution in [0.3, 0.4) is 0 Å². The van der Waals surface area contributed by atoms with Gasteiger partial charge in [0, 0.05) is 19.0 Å². The van der Waals surface area contributed by atoms with E-state index in [1.165, 1.54) is 37.3 Å². The SMILES string of the molecule is Fc1cccc(C2CNCC23CCCC3)c1. The van der Waals surface area contributed by atoms with Crippen molar-refractivity contribution in [3.05, 3.63) is 35.6 Å². The second kappa shape index (κ2) is 3.85. The molecule has 1 heterocycles. The smallest absolute Gasteiger partial charge is 0.123 e. The highest BCUT2D eigenvalue weighted by molar-refractivity contribution is 5.26. The van der Waals surface area contributed by atoms with Crippen molar-refractivity contribution in [2.24, 2.45) is 5.41 Å². The van der Waals surface area contributed by atoms with Crippen molar-refractivity contribution < 1.29 is 4.39 Å². The van der Waals surface area contributed by atoms with Crippen molar-refractivity contribution in [3.8, 4) is 0 Å². The molecule has 1 aromatic rings. The largest absolute Gasteiger partial charge is 0.316 e. The van der Waals surface area contributed by atoms with Gasteiger partial charge in [-0.1, -0.05) is 25.0 Å². The monoisotopic (exact) mass is 219 g/mol. The summed E-state index contributed by atoms with van der Waals surface area (Å²) >= 11 is 0. The van der Waals surface area contributed by atoms with Crippen LogP contribution < -0.4 is 5.32 Å². The number of nitrogens with one attached hydrogen (secondary N) is 1. The molecule has 1 aliphatic carbocycles. The summed E-state index contributed by atoms with van der Waals surface area (Å²) in [6.07, 6.45) is 5.29. The zero-order valence-electron chi connectivity index (χ0n) is 9.51. The lowest BCUT2D eigenvalue weighted by atomic mass is 9.73. The Bertz CT molecular complexity index is 377. The highest BCUT2D eigenvalue weighted by Crippen LogP contribution is 2.50. The Morgan fingerprint density at radius 1 is 1.25 bits per heavy atom. The van der Waals surface area contributed by atoms with Crippen LogP contribution in [0, 0.1) is 11.2 Å². The Labute approximate surface area is 96.1 Å². The molecule has 1 N–H and O–H groups in total. The summed E-state index contributed by atoms with van der Waals surface area (Å²) in [6.45, 7) is 2.14. The fraction of sp³-hybridized carbons (Fsp3) is 0.571. The minimum atomic E-state index is -0.0995. The van der Waals surface area contributed by atoms with Gasteiger partial charge in [-0.05, 0) is 36.0 Å². The molecule has 1 unspecified atom stereocenters. The molecule has 1 atom stereocenters. The van der Waals surface area contributed by atoms with Crippen LogP contribution in [0.2, 0.25) is 0 Å². The van der Waals surface area contributed by atoms with Gasteiger partial charge >= 0.3 is 0 Å². The Hall–Kier alpha value is -0.890. The molecule has 1 aromatic carbocycles. The normalized spacial score (nSPS) is 27.7. The van der Waals surface area contributed by atoms with E-state index in [1.54, 1.807) is 6.07 Å². The van der Waals surface area contributed by atoms with Gasteiger partial charge < -0.3 is 5.32 Å². The van der Waals surface area contributed by atoms with Crippen LogP contribution in [-0.4, -0.2) is 13.1 Å². The van der Waals surface area contributed by atoms with E-state index in [9.17, 15) is 4.39 Å². The van der Waals surface area contributed by atoms with Gasteiger partial charge in [0.05, 0.1) is 0 Å². The van der Waals surface area contributed by atoms with E-state index in [2.05, 4.69) is 11.4 Å². The van der Waals surface area contributed by atoms with Gasteiger partial charge in [-0.25, -0.2) is 4.39 Å². The third kappa shape index (κ3) is 1.56. The average molecular weight is 219 g/mol. The Morgan fingerprint density at radius 3 is 2.81 bits per heavy atom. The molecule has 0 radical (unpaired) electrons. The van der Waals surface area contributed by atoms with E-state index >= 15 is 0 Å². The van der Waals surface area contributed by atoms with Crippen molar-refractivity contribution >= 4 is 0 Å². The topological polar surface area (TPSA) is 12.0 Å². The van der Waals surface area contributed by atoms with Gasteiger partial charge in [0.2, 0.25) is 0 Å². The van der Waals surface area contributed by atoms with Gasteiger partial charge in [0.15, 0.2) is 0 Å². The number of hydrogen-bond acceptors (Lipinski definition) is 1. The third-order valence-corrected chi connectivity index (χ3v) is 4.42. The predicted molar refractivity (Wildman–Crippen MR) is 62.9 cm³/mol. The Morgan fingerprint density at radius 2 is 2.06 bits per heavy atom. The summed E-state index contributed by atoms with van der Waals surface area (Å²) in [5, 5.41) is 3.50. The first-order valence-corrected chi connectivity index (χ1v) is 6.26. The maximum atomic E-state index is 13.3. The first kappa shape index (κ1) is 10.3. The Kier molecular flexibility index (Phi) is 2.47. The second-order valence-corrected chi connectivity index (χ2v) is 5.31.